The predicted molar refractivity (Wildman–Crippen MR) is 78.5 cm³/mol. The summed E-state index contributed by atoms with van der Waals surface area (Å²) in [6.45, 7) is 10.4. The molecule has 0 aromatic carbocycles. The van der Waals surface area contributed by atoms with E-state index in [1.807, 2.05) is 5.38 Å². The molecular weight excluding hydrogens is 260 g/mol. The van der Waals surface area contributed by atoms with Crippen LogP contribution in [-0.4, -0.2) is 23.7 Å². The third-order valence-corrected chi connectivity index (χ3v) is 4.64. The second kappa shape index (κ2) is 5.77. The third kappa shape index (κ3) is 3.46. The van der Waals surface area contributed by atoms with Crippen LogP contribution < -0.4 is 10.2 Å². The Morgan fingerprint density at radius 2 is 2.32 bits per heavy atom. The molecule has 4 nitrogen and oxygen atoms in total. The first kappa shape index (κ1) is 14.8. The zero-order valence-electron chi connectivity index (χ0n) is 12.2. The minimum atomic E-state index is 0.0165. The smallest absolute Gasteiger partial charge is 0.304 e. The van der Waals surface area contributed by atoms with E-state index in [1.54, 1.807) is 0 Å². The number of aromatic amines is 1. The van der Waals surface area contributed by atoms with Gasteiger partial charge in [0.2, 0.25) is 0 Å². The molecule has 0 aliphatic heterocycles. The molecule has 2 rings (SSSR count). The van der Waals surface area contributed by atoms with Crippen molar-refractivity contribution >= 4 is 11.3 Å². The van der Waals surface area contributed by atoms with E-state index in [2.05, 4.69) is 38.0 Å². The normalized spacial score (nSPS) is 25.5. The van der Waals surface area contributed by atoms with Crippen molar-refractivity contribution in [3.8, 4) is 0 Å². The molecule has 2 N–H and O–H groups in total. The summed E-state index contributed by atoms with van der Waals surface area (Å²) in [6.07, 6.45) is 1.39. The van der Waals surface area contributed by atoms with E-state index < -0.39 is 0 Å². The van der Waals surface area contributed by atoms with Gasteiger partial charge in [0, 0.05) is 35.7 Å². The molecule has 108 valence electrons. The lowest BCUT2D eigenvalue weighted by molar-refractivity contribution is -0.124. The predicted octanol–water partition coefficient (Wildman–Crippen LogP) is 2.37. The molecule has 1 aromatic heterocycles. The Labute approximate surface area is 118 Å². The lowest BCUT2D eigenvalue weighted by Gasteiger charge is -2.52. The SMILES string of the molecule is CC(C)COC1CC(NCc2csc(=O)[nH]2)C1(C)C. The van der Waals surface area contributed by atoms with Crippen molar-refractivity contribution in [2.75, 3.05) is 6.61 Å². The standard InChI is InChI=1S/C14H24N2O2S/c1-9(2)7-18-12-5-11(14(12,3)4)15-6-10-8-19-13(17)16-10/h8-9,11-12,15H,5-7H2,1-4H3,(H,16,17). The molecule has 1 aromatic rings. The summed E-state index contributed by atoms with van der Waals surface area (Å²) < 4.78 is 5.95. The Kier molecular flexibility index (Phi) is 4.48. The van der Waals surface area contributed by atoms with Gasteiger partial charge in [-0.15, -0.1) is 0 Å². The molecule has 1 heterocycles. The highest BCUT2D eigenvalue weighted by atomic mass is 32.1. The van der Waals surface area contributed by atoms with Crippen LogP contribution in [0.2, 0.25) is 0 Å². The van der Waals surface area contributed by atoms with E-state index in [0.29, 0.717) is 18.1 Å². The Morgan fingerprint density at radius 3 is 2.84 bits per heavy atom. The lowest BCUT2D eigenvalue weighted by Crippen LogP contribution is -2.60. The largest absolute Gasteiger partial charge is 0.377 e. The monoisotopic (exact) mass is 284 g/mol. The first-order chi connectivity index (χ1) is 8.89. The second-order valence-corrected chi connectivity index (χ2v) is 7.22. The molecule has 0 amide bonds. The highest BCUT2D eigenvalue weighted by Gasteiger charge is 2.48. The molecule has 2 unspecified atom stereocenters. The van der Waals surface area contributed by atoms with Crippen LogP contribution in [0.1, 0.15) is 39.8 Å². The maximum Gasteiger partial charge on any atom is 0.304 e. The first-order valence-electron chi connectivity index (χ1n) is 6.91. The minimum absolute atomic E-state index is 0.0165. The number of nitrogens with one attached hydrogen (secondary N) is 2. The molecule has 0 spiro atoms. The summed E-state index contributed by atoms with van der Waals surface area (Å²) in [5.41, 5.74) is 1.13. The maximum absolute atomic E-state index is 11.1. The van der Waals surface area contributed by atoms with E-state index in [0.717, 1.165) is 25.3 Å². The van der Waals surface area contributed by atoms with Crippen LogP contribution in [0.3, 0.4) is 0 Å². The summed E-state index contributed by atoms with van der Waals surface area (Å²) >= 11 is 1.22. The Morgan fingerprint density at radius 1 is 1.58 bits per heavy atom. The van der Waals surface area contributed by atoms with Gasteiger partial charge in [-0.1, -0.05) is 39.0 Å². The average molecular weight is 284 g/mol. The van der Waals surface area contributed by atoms with Gasteiger partial charge in [-0.2, -0.15) is 0 Å². The summed E-state index contributed by atoms with van der Waals surface area (Å²) in [7, 11) is 0. The third-order valence-electron chi connectivity index (χ3n) is 3.92. The number of ether oxygens (including phenoxy) is 1. The van der Waals surface area contributed by atoms with Gasteiger partial charge in [-0.05, 0) is 12.3 Å². The van der Waals surface area contributed by atoms with E-state index >= 15 is 0 Å². The van der Waals surface area contributed by atoms with Crippen molar-refractivity contribution in [3.63, 3.8) is 0 Å². The number of hydrogen-bond acceptors (Lipinski definition) is 4. The van der Waals surface area contributed by atoms with Gasteiger partial charge >= 0.3 is 4.87 Å². The van der Waals surface area contributed by atoms with Gasteiger partial charge in [-0.25, -0.2) is 0 Å². The minimum Gasteiger partial charge on any atom is -0.377 e. The maximum atomic E-state index is 11.1. The van der Waals surface area contributed by atoms with Gasteiger partial charge in [0.25, 0.3) is 0 Å². The number of H-pyrrole nitrogens is 1. The average Bonchev–Trinajstić information content (AvgIpc) is 2.72. The van der Waals surface area contributed by atoms with Crippen molar-refractivity contribution in [3.05, 3.63) is 20.7 Å². The quantitative estimate of drug-likeness (QED) is 0.843. The highest BCUT2D eigenvalue weighted by Crippen LogP contribution is 2.43. The summed E-state index contributed by atoms with van der Waals surface area (Å²) in [5, 5.41) is 5.40. The Bertz CT molecular complexity index is 464. The molecule has 1 saturated carbocycles. The molecule has 2 atom stereocenters. The number of hydrogen-bond donors (Lipinski definition) is 2. The zero-order chi connectivity index (χ0) is 14.0. The number of thiazole rings is 1. The van der Waals surface area contributed by atoms with Crippen molar-refractivity contribution < 1.29 is 4.74 Å². The number of rotatable bonds is 6. The van der Waals surface area contributed by atoms with Crippen LogP contribution in [0.25, 0.3) is 0 Å². The van der Waals surface area contributed by atoms with Gasteiger partial charge in [0.1, 0.15) is 0 Å². The van der Waals surface area contributed by atoms with Crippen LogP contribution in [0.15, 0.2) is 10.2 Å². The second-order valence-electron chi connectivity index (χ2n) is 6.38. The van der Waals surface area contributed by atoms with Gasteiger partial charge < -0.3 is 15.0 Å². The molecule has 19 heavy (non-hydrogen) atoms. The number of aromatic nitrogens is 1. The summed E-state index contributed by atoms with van der Waals surface area (Å²) in [6, 6.07) is 0.452. The summed E-state index contributed by atoms with van der Waals surface area (Å²) in [5.74, 6) is 0.582. The fraction of sp³-hybridized carbons (Fsp3) is 0.786. The Hall–Kier alpha value is -0.650. The van der Waals surface area contributed by atoms with Crippen LogP contribution >= 0.6 is 11.3 Å². The van der Waals surface area contributed by atoms with Crippen molar-refractivity contribution in [2.24, 2.45) is 11.3 Å². The van der Waals surface area contributed by atoms with Crippen molar-refractivity contribution in [1.82, 2.24) is 10.3 Å². The van der Waals surface area contributed by atoms with Crippen LogP contribution in [0.5, 0.6) is 0 Å². The first-order valence-corrected chi connectivity index (χ1v) is 7.79. The molecule has 5 heteroatoms. The van der Waals surface area contributed by atoms with Gasteiger partial charge in [-0.3, -0.25) is 4.79 Å². The van der Waals surface area contributed by atoms with Crippen LogP contribution in [-0.2, 0) is 11.3 Å². The molecule has 1 aliphatic rings. The lowest BCUT2D eigenvalue weighted by atomic mass is 9.64. The summed E-state index contributed by atoms with van der Waals surface area (Å²) in [4.78, 5) is 13.9. The molecule has 0 saturated heterocycles. The molecular formula is C14H24N2O2S. The fourth-order valence-corrected chi connectivity index (χ4v) is 3.04. The zero-order valence-corrected chi connectivity index (χ0v) is 13.0. The molecule has 0 bridgehead atoms. The fourth-order valence-electron chi connectivity index (χ4n) is 2.46. The topological polar surface area (TPSA) is 54.1 Å². The van der Waals surface area contributed by atoms with E-state index in [-0.39, 0.29) is 10.3 Å². The molecule has 1 fully saturated rings. The van der Waals surface area contributed by atoms with Crippen LogP contribution in [0, 0.1) is 11.3 Å². The van der Waals surface area contributed by atoms with Crippen LogP contribution in [0.4, 0.5) is 0 Å². The molecule has 0 radical (unpaired) electrons. The Balaban J connectivity index is 1.79. The van der Waals surface area contributed by atoms with E-state index in [4.69, 9.17) is 4.74 Å². The van der Waals surface area contributed by atoms with Crippen molar-refractivity contribution in [2.45, 2.75) is 52.8 Å². The van der Waals surface area contributed by atoms with E-state index in [9.17, 15) is 4.79 Å². The van der Waals surface area contributed by atoms with E-state index in [1.165, 1.54) is 11.3 Å². The molecule has 1 aliphatic carbocycles. The highest BCUT2D eigenvalue weighted by molar-refractivity contribution is 7.07. The van der Waals surface area contributed by atoms with Crippen molar-refractivity contribution in [1.29, 1.82) is 0 Å². The van der Waals surface area contributed by atoms with Gasteiger partial charge in [0.15, 0.2) is 0 Å². The van der Waals surface area contributed by atoms with Gasteiger partial charge in [0.05, 0.1) is 6.10 Å².